The minimum atomic E-state index is -4.17. The highest BCUT2D eigenvalue weighted by Gasteiger charge is 2.39. The van der Waals surface area contributed by atoms with Crippen molar-refractivity contribution in [3.8, 4) is 0 Å². The lowest BCUT2D eigenvalue weighted by Gasteiger charge is -2.28. The molecule has 2 unspecified atom stereocenters. The first-order chi connectivity index (χ1) is 6.95. The number of halogens is 3. The fourth-order valence-electron chi connectivity index (χ4n) is 1.68. The van der Waals surface area contributed by atoms with E-state index in [-0.39, 0.29) is 19.1 Å². The summed E-state index contributed by atoms with van der Waals surface area (Å²) in [6, 6.07) is 0.284. The third-order valence-corrected chi connectivity index (χ3v) is 3.93. The van der Waals surface area contributed by atoms with Crippen molar-refractivity contribution in [3.63, 3.8) is 0 Å². The van der Waals surface area contributed by atoms with Crippen molar-refractivity contribution in [2.75, 3.05) is 31.6 Å². The second-order valence-electron chi connectivity index (χ2n) is 3.93. The van der Waals surface area contributed by atoms with E-state index in [0.717, 1.165) is 17.9 Å². The molecule has 2 atom stereocenters. The second kappa shape index (κ2) is 5.41. The average Bonchev–Trinajstić information content (AvgIpc) is 2.64. The van der Waals surface area contributed by atoms with Crippen LogP contribution in [0.15, 0.2) is 0 Å². The number of nitrogens with zero attached hydrogens (tertiary/aromatic N) is 1. The zero-order valence-corrected chi connectivity index (χ0v) is 9.57. The summed E-state index contributed by atoms with van der Waals surface area (Å²) in [5, 5.41) is 0. The molecule has 0 aromatic carbocycles. The summed E-state index contributed by atoms with van der Waals surface area (Å²) in [7, 11) is 1.75. The van der Waals surface area contributed by atoms with Gasteiger partial charge >= 0.3 is 6.18 Å². The third kappa shape index (κ3) is 3.85. The molecule has 1 fully saturated rings. The number of thioether (sulfide) groups is 1. The number of hydrogen-bond acceptors (Lipinski definition) is 3. The van der Waals surface area contributed by atoms with Gasteiger partial charge in [0.1, 0.15) is 0 Å². The fourth-order valence-corrected chi connectivity index (χ4v) is 2.98. The minimum Gasteiger partial charge on any atom is -0.330 e. The second-order valence-corrected chi connectivity index (χ2v) is 5.08. The zero-order chi connectivity index (χ0) is 11.5. The van der Waals surface area contributed by atoms with E-state index in [9.17, 15) is 13.2 Å². The first kappa shape index (κ1) is 13.1. The van der Waals surface area contributed by atoms with Crippen molar-refractivity contribution >= 4 is 11.8 Å². The lowest BCUT2D eigenvalue weighted by molar-refractivity contribution is -0.176. The lowest BCUT2D eigenvalue weighted by Crippen LogP contribution is -2.43. The standard InChI is InChI=1S/C9H17F3N2S/c1-14(8-2-3-15-6-8)5-7(4-13)9(10,11)12/h7-8H,2-6,13H2,1H3. The summed E-state index contributed by atoms with van der Waals surface area (Å²) in [5.41, 5.74) is 5.15. The monoisotopic (exact) mass is 242 g/mol. The molecular formula is C9H17F3N2S. The molecule has 6 heteroatoms. The summed E-state index contributed by atoms with van der Waals surface area (Å²) >= 11 is 1.80. The summed E-state index contributed by atoms with van der Waals surface area (Å²) in [4.78, 5) is 1.80. The summed E-state index contributed by atoms with van der Waals surface area (Å²) < 4.78 is 37.4. The van der Waals surface area contributed by atoms with Gasteiger partial charge in [-0.15, -0.1) is 0 Å². The smallest absolute Gasteiger partial charge is 0.330 e. The maximum absolute atomic E-state index is 12.5. The molecule has 0 bridgehead atoms. The van der Waals surface area contributed by atoms with Gasteiger partial charge in [0.15, 0.2) is 0 Å². The maximum atomic E-state index is 12.5. The normalized spacial score (nSPS) is 24.8. The van der Waals surface area contributed by atoms with Crippen LogP contribution in [-0.4, -0.2) is 48.8 Å². The van der Waals surface area contributed by atoms with E-state index in [2.05, 4.69) is 0 Å². The number of hydrogen-bond donors (Lipinski definition) is 1. The Morgan fingerprint density at radius 3 is 2.60 bits per heavy atom. The molecule has 15 heavy (non-hydrogen) atoms. The Kier molecular flexibility index (Phi) is 4.73. The highest BCUT2D eigenvalue weighted by Crippen LogP contribution is 2.28. The number of nitrogens with two attached hydrogens (primary N) is 1. The van der Waals surface area contributed by atoms with Crippen LogP contribution in [0.1, 0.15) is 6.42 Å². The predicted octanol–water partition coefficient (Wildman–Crippen LogP) is 1.56. The van der Waals surface area contributed by atoms with Crippen molar-refractivity contribution in [2.45, 2.75) is 18.6 Å². The molecule has 1 aliphatic heterocycles. The van der Waals surface area contributed by atoms with E-state index in [1.165, 1.54) is 0 Å². The molecule has 2 N–H and O–H groups in total. The van der Waals surface area contributed by atoms with Gasteiger partial charge in [-0.3, -0.25) is 0 Å². The van der Waals surface area contributed by atoms with Gasteiger partial charge < -0.3 is 10.6 Å². The van der Waals surface area contributed by atoms with Crippen LogP contribution in [0.25, 0.3) is 0 Å². The predicted molar refractivity (Wildman–Crippen MR) is 57.0 cm³/mol. The largest absolute Gasteiger partial charge is 0.394 e. The lowest BCUT2D eigenvalue weighted by atomic mass is 10.1. The van der Waals surface area contributed by atoms with Gasteiger partial charge in [-0.25, -0.2) is 0 Å². The third-order valence-electron chi connectivity index (χ3n) is 2.78. The summed E-state index contributed by atoms with van der Waals surface area (Å²) in [5.74, 6) is 0.591. The van der Waals surface area contributed by atoms with Crippen molar-refractivity contribution < 1.29 is 13.2 Å². The quantitative estimate of drug-likeness (QED) is 0.811. The molecule has 2 nitrogen and oxygen atoms in total. The van der Waals surface area contributed by atoms with Crippen LogP contribution in [0.3, 0.4) is 0 Å². The van der Waals surface area contributed by atoms with Gasteiger partial charge in [0.2, 0.25) is 0 Å². The van der Waals surface area contributed by atoms with Gasteiger partial charge in [-0.2, -0.15) is 24.9 Å². The number of rotatable bonds is 4. The van der Waals surface area contributed by atoms with Crippen LogP contribution in [0.5, 0.6) is 0 Å². The van der Waals surface area contributed by atoms with Gasteiger partial charge in [0.25, 0.3) is 0 Å². The van der Waals surface area contributed by atoms with Gasteiger partial charge in [0, 0.05) is 24.9 Å². The molecule has 0 aromatic rings. The first-order valence-electron chi connectivity index (χ1n) is 5.00. The fraction of sp³-hybridized carbons (Fsp3) is 1.00. The number of alkyl halides is 3. The Labute approximate surface area is 92.4 Å². The molecule has 0 radical (unpaired) electrons. The molecular weight excluding hydrogens is 225 g/mol. The highest BCUT2D eigenvalue weighted by atomic mass is 32.2. The van der Waals surface area contributed by atoms with Crippen LogP contribution >= 0.6 is 11.8 Å². The van der Waals surface area contributed by atoms with E-state index in [0.29, 0.717) is 0 Å². The molecule has 0 aromatic heterocycles. The maximum Gasteiger partial charge on any atom is 0.394 e. The molecule has 90 valence electrons. The average molecular weight is 242 g/mol. The van der Waals surface area contributed by atoms with E-state index >= 15 is 0 Å². The molecule has 1 saturated heterocycles. The van der Waals surface area contributed by atoms with Crippen LogP contribution in [0.4, 0.5) is 13.2 Å². The Bertz CT molecular complexity index is 192. The van der Waals surface area contributed by atoms with Crippen molar-refractivity contribution in [3.05, 3.63) is 0 Å². The van der Waals surface area contributed by atoms with E-state index in [4.69, 9.17) is 5.73 Å². The van der Waals surface area contributed by atoms with Gasteiger partial charge in [0.05, 0.1) is 5.92 Å². The van der Waals surface area contributed by atoms with Crippen molar-refractivity contribution in [2.24, 2.45) is 11.7 Å². The van der Waals surface area contributed by atoms with Crippen molar-refractivity contribution in [1.29, 1.82) is 0 Å². The Balaban J connectivity index is 2.43. The molecule has 0 spiro atoms. The molecule has 1 heterocycles. The van der Waals surface area contributed by atoms with Crippen LogP contribution in [0.2, 0.25) is 0 Å². The highest BCUT2D eigenvalue weighted by molar-refractivity contribution is 7.99. The molecule has 1 aliphatic rings. The van der Waals surface area contributed by atoms with Gasteiger partial charge in [-0.1, -0.05) is 0 Å². The zero-order valence-electron chi connectivity index (χ0n) is 8.76. The van der Waals surface area contributed by atoms with Crippen LogP contribution in [0, 0.1) is 5.92 Å². The summed E-state index contributed by atoms with van der Waals surface area (Å²) in [6.07, 6.45) is -3.19. The van der Waals surface area contributed by atoms with E-state index in [1.54, 1.807) is 23.7 Å². The van der Waals surface area contributed by atoms with E-state index in [1.807, 2.05) is 0 Å². The Hall–Kier alpha value is 0.0600. The topological polar surface area (TPSA) is 29.3 Å². The Morgan fingerprint density at radius 1 is 1.53 bits per heavy atom. The van der Waals surface area contributed by atoms with Crippen LogP contribution < -0.4 is 5.73 Å². The van der Waals surface area contributed by atoms with Crippen molar-refractivity contribution in [1.82, 2.24) is 4.90 Å². The molecule has 0 saturated carbocycles. The van der Waals surface area contributed by atoms with Gasteiger partial charge in [-0.05, 0) is 19.2 Å². The molecule has 0 aliphatic carbocycles. The van der Waals surface area contributed by atoms with E-state index < -0.39 is 12.1 Å². The Morgan fingerprint density at radius 2 is 2.20 bits per heavy atom. The van der Waals surface area contributed by atoms with Crippen LogP contribution in [-0.2, 0) is 0 Å². The molecule has 0 amide bonds. The SMILES string of the molecule is CN(CC(CN)C(F)(F)F)C1CCSC1. The summed E-state index contributed by atoms with van der Waals surface area (Å²) in [6.45, 7) is -0.307. The first-order valence-corrected chi connectivity index (χ1v) is 6.15. The minimum absolute atomic E-state index is 0.0191. The molecule has 1 rings (SSSR count).